The average molecular weight is 411 g/mol. The Labute approximate surface area is 172 Å². The van der Waals surface area contributed by atoms with E-state index in [1.165, 1.54) is 18.1 Å². The molecule has 2 atom stereocenters. The third-order valence-corrected chi connectivity index (χ3v) is 5.69. The summed E-state index contributed by atoms with van der Waals surface area (Å²) in [5, 5.41) is 7.80. The van der Waals surface area contributed by atoms with Crippen LogP contribution < -0.4 is 14.8 Å². The fourth-order valence-electron chi connectivity index (χ4n) is 2.91. The van der Waals surface area contributed by atoms with Crippen molar-refractivity contribution in [1.82, 2.24) is 25.1 Å². The van der Waals surface area contributed by atoms with E-state index in [1.54, 1.807) is 29.3 Å². The van der Waals surface area contributed by atoms with Gasteiger partial charge < -0.3 is 14.8 Å². The van der Waals surface area contributed by atoms with Crippen LogP contribution in [0.3, 0.4) is 0 Å². The Kier molecular flexibility index (Phi) is 5.66. The number of benzene rings is 1. The normalized spacial score (nSPS) is 14.8. The second kappa shape index (κ2) is 8.52. The maximum Gasteiger partial charge on any atom is 0.254 e. The number of nitrogens with one attached hydrogen (secondary N) is 1. The Bertz CT molecular complexity index is 996. The lowest BCUT2D eigenvalue weighted by atomic mass is 10.1. The minimum atomic E-state index is -0.183. The summed E-state index contributed by atoms with van der Waals surface area (Å²) in [6.07, 6.45) is 4.80. The third-order valence-electron chi connectivity index (χ3n) is 4.68. The van der Waals surface area contributed by atoms with Gasteiger partial charge in [-0.15, -0.1) is 0 Å². The van der Waals surface area contributed by atoms with Crippen LogP contribution in [-0.4, -0.2) is 44.9 Å². The van der Waals surface area contributed by atoms with Crippen LogP contribution in [0.25, 0.3) is 0 Å². The predicted octanol–water partition coefficient (Wildman–Crippen LogP) is 2.98. The molecule has 0 fully saturated rings. The molecule has 0 radical (unpaired) electrons. The van der Waals surface area contributed by atoms with E-state index in [9.17, 15) is 4.79 Å². The molecule has 2 aromatic heterocycles. The molecule has 0 bridgehead atoms. The number of nitrogens with zero attached hydrogens (tertiary/aromatic N) is 4. The number of hydrogen-bond acceptors (Lipinski definition) is 7. The zero-order valence-electron chi connectivity index (χ0n) is 16.1. The Morgan fingerprint density at radius 1 is 1.21 bits per heavy atom. The van der Waals surface area contributed by atoms with Crippen molar-refractivity contribution in [1.29, 1.82) is 0 Å². The van der Waals surface area contributed by atoms with Gasteiger partial charge in [-0.1, -0.05) is 11.8 Å². The van der Waals surface area contributed by atoms with Crippen molar-refractivity contribution in [2.24, 2.45) is 0 Å². The van der Waals surface area contributed by atoms with Crippen molar-refractivity contribution in [3.8, 4) is 11.5 Å². The first-order chi connectivity index (χ1) is 14.1. The first-order valence-electron chi connectivity index (χ1n) is 9.29. The Balaban J connectivity index is 1.50. The quantitative estimate of drug-likeness (QED) is 0.667. The van der Waals surface area contributed by atoms with Gasteiger partial charge in [0.1, 0.15) is 30.9 Å². The van der Waals surface area contributed by atoms with Crippen molar-refractivity contribution >= 4 is 17.7 Å². The summed E-state index contributed by atoms with van der Waals surface area (Å²) >= 11 is 1.41. The smallest absolute Gasteiger partial charge is 0.254 e. The maximum atomic E-state index is 12.9. The van der Waals surface area contributed by atoms with Crippen LogP contribution in [0.2, 0.25) is 0 Å². The fourth-order valence-corrected chi connectivity index (χ4v) is 3.82. The summed E-state index contributed by atoms with van der Waals surface area (Å²) in [5.74, 6) is 1.26. The molecule has 1 aliphatic heterocycles. The number of carbonyl (C=O) groups is 1. The van der Waals surface area contributed by atoms with E-state index in [4.69, 9.17) is 9.47 Å². The van der Waals surface area contributed by atoms with Gasteiger partial charge in [-0.25, -0.2) is 14.6 Å². The second-order valence-electron chi connectivity index (χ2n) is 6.64. The Hall–Kier alpha value is -3.07. The van der Waals surface area contributed by atoms with E-state index in [2.05, 4.69) is 20.4 Å². The molecule has 8 nitrogen and oxygen atoms in total. The number of amides is 1. The molecule has 0 saturated carbocycles. The number of ether oxygens (including phenoxy) is 2. The molecule has 0 saturated heterocycles. The molecule has 1 amide bonds. The predicted molar refractivity (Wildman–Crippen MR) is 107 cm³/mol. The molecule has 4 rings (SSSR count). The van der Waals surface area contributed by atoms with Gasteiger partial charge in [0.2, 0.25) is 0 Å². The lowest BCUT2D eigenvalue weighted by Crippen LogP contribution is -2.38. The largest absolute Gasteiger partial charge is 0.486 e. The minimum Gasteiger partial charge on any atom is -0.486 e. The van der Waals surface area contributed by atoms with E-state index in [0.717, 1.165) is 10.6 Å². The van der Waals surface area contributed by atoms with Crippen LogP contribution in [0.5, 0.6) is 11.5 Å². The van der Waals surface area contributed by atoms with Crippen LogP contribution in [0.15, 0.2) is 59.1 Å². The van der Waals surface area contributed by atoms with Crippen molar-refractivity contribution in [2.75, 3.05) is 13.2 Å². The molecule has 3 heterocycles. The van der Waals surface area contributed by atoms with E-state index in [-0.39, 0.29) is 18.0 Å². The van der Waals surface area contributed by atoms with E-state index < -0.39 is 0 Å². The lowest BCUT2D eigenvalue weighted by Gasteiger charge is -2.21. The highest BCUT2D eigenvalue weighted by Gasteiger charge is 2.21. The van der Waals surface area contributed by atoms with Crippen LogP contribution in [-0.2, 0) is 0 Å². The molecule has 0 spiro atoms. The highest BCUT2D eigenvalue weighted by molar-refractivity contribution is 7.99. The number of fused-ring (bicyclic) bond motifs is 1. The van der Waals surface area contributed by atoms with Crippen LogP contribution in [0, 0.1) is 0 Å². The van der Waals surface area contributed by atoms with Gasteiger partial charge in [0.25, 0.3) is 5.91 Å². The van der Waals surface area contributed by atoms with Crippen LogP contribution in [0.4, 0.5) is 0 Å². The standard InChI is InChI=1S/C20H21N5O3S/c1-13(14(2)25-12-21-11-23-25)24-19(26)16-4-3-7-22-20(16)29-15-5-6-17-18(10-15)28-9-8-27-17/h3-7,10-14H,8-9H2,1-2H3,(H,24,26). The summed E-state index contributed by atoms with van der Waals surface area (Å²) in [5.41, 5.74) is 0.519. The van der Waals surface area contributed by atoms with Crippen molar-refractivity contribution in [3.05, 3.63) is 54.7 Å². The molecular formula is C20H21N5O3S. The zero-order valence-corrected chi connectivity index (χ0v) is 16.9. The molecule has 150 valence electrons. The summed E-state index contributed by atoms with van der Waals surface area (Å²) in [4.78, 5) is 22.2. The zero-order chi connectivity index (χ0) is 20.2. The highest BCUT2D eigenvalue weighted by Crippen LogP contribution is 2.37. The van der Waals surface area contributed by atoms with E-state index in [1.807, 2.05) is 32.0 Å². The summed E-state index contributed by atoms with van der Waals surface area (Å²) in [6, 6.07) is 9.07. The topological polar surface area (TPSA) is 91.2 Å². The van der Waals surface area contributed by atoms with E-state index >= 15 is 0 Å². The molecular weight excluding hydrogens is 390 g/mol. The molecule has 1 N–H and O–H groups in total. The first kappa shape index (κ1) is 19.3. The molecule has 9 heteroatoms. The van der Waals surface area contributed by atoms with Gasteiger partial charge >= 0.3 is 0 Å². The van der Waals surface area contributed by atoms with Gasteiger partial charge in [0, 0.05) is 17.1 Å². The average Bonchev–Trinajstić information content (AvgIpc) is 3.28. The van der Waals surface area contributed by atoms with Crippen molar-refractivity contribution < 1.29 is 14.3 Å². The number of carbonyl (C=O) groups excluding carboxylic acids is 1. The highest BCUT2D eigenvalue weighted by atomic mass is 32.2. The lowest BCUT2D eigenvalue weighted by molar-refractivity contribution is 0.0924. The summed E-state index contributed by atoms with van der Waals surface area (Å²) in [6.45, 7) is 5.00. The number of hydrogen-bond donors (Lipinski definition) is 1. The van der Waals surface area contributed by atoms with Crippen molar-refractivity contribution in [3.63, 3.8) is 0 Å². The SMILES string of the molecule is CC(NC(=O)c1cccnc1Sc1ccc2c(c1)OCCO2)C(C)n1cncn1. The van der Waals surface area contributed by atoms with Gasteiger partial charge in [0.05, 0.1) is 11.6 Å². The molecule has 1 aliphatic rings. The Morgan fingerprint density at radius 2 is 2.03 bits per heavy atom. The fraction of sp³-hybridized carbons (Fsp3) is 0.300. The van der Waals surface area contributed by atoms with Gasteiger partial charge in [-0.2, -0.15) is 5.10 Å². The molecule has 1 aromatic carbocycles. The second-order valence-corrected chi connectivity index (χ2v) is 7.70. The van der Waals surface area contributed by atoms with E-state index in [0.29, 0.717) is 29.6 Å². The van der Waals surface area contributed by atoms with Gasteiger partial charge in [-0.05, 0) is 44.2 Å². The Morgan fingerprint density at radius 3 is 2.83 bits per heavy atom. The molecule has 3 aromatic rings. The number of rotatable bonds is 6. The summed E-state index contributed by atoms with van der Waals surface area (Å²) < 4.78 is 12.9. The maximum absolute atomic E-state index is 12.9. The minimum absolute atomic E-state index is 0.0352. The third kappa shape index (κ3) is 4.34. The summed E-state index contributed by atoms with van der Waals surface area (Å²) in [7, 11) is 0. The molecule has 29 heavy (non-hydrogen) atoms. The van der Waals surface area contributed by atoms with Gasteiger partial charge in [0.15, 0.2) is 11.5 Å². The van der Waals surface area contributed by atoms with Crippen LogP contribution >= 0.6 is 11.8 Å². The molecule has 2 unspecified atom stereocenters. The van der Waals surface area contributed by atoms with Gasteiger partial charge in [-0.3, -0.25) is 4.79 Å². The molecule has 0 aliphatic carbocycles. The van der Waals surface area contributed by atoms with Crippen molar-refractivity contribution in [2.45, 2.75) is 35.9 Å². The number of pyridine rings is 1. The first-order valence-corrected chi connectivity index (χ1v) is 10.1. The van der Waals surface area contributed by atoms with Crippen LogP contribution in [0.1, 0.15) is 30.2 Å². The number of aromatic nitrogens is 4. The monoisotopic (exact) mass is 411 g/mol.